The minimum absolute atomic E-state index is 0.0800. The van der Waals surface area contributed by atoms with Crippen molar-refractivity contribution in [2.24, 2.45) is 7.05 Å². The smallest absolute Gasteiger partial charge is 0.286 e. The average Bonchev–Trinajstić information content (AvgIpc) is 3.43. The molecular weight excluding hydrogens is 420 g/mol. The van der Waals surface area contributed by atoms with E-state index in [0.29, 0.717) is 30.5 Å². The molecule has 1 aliphatic heterocycles. The summed E-state index contributed by atoms with van der Waals surface area (Å²) in [5, 5.41) is 0.487. The molecule has 164 valence electrons. The van der Waals surface area contributed by atoms with Gasteiger partial charge in [-0.15, -0.1) is 0 Å². The lowest BCUT2D eigenvalue weighted by Crippen LogP contribution is -2.35. The summed E-state index contributed by atoms with van der Waals surface area (Å²) in [6.45, 7) is 3.14. The molecule has 0 atom stereocenters. The predicted molar refractivity (Wildman–Crippen MR) is 116 cm³/mol. The van der Waals surface area contributed by atoms with Crippen molar-refractivity contribution in [3.63, 3.8) is 0 Å². The molecule has 0 radical (unpaired) electrons. The molecule has 0 unspecified atom stereocenters. The maximum absolute atomic E-state index is 12.8. The topological polar surface area (TPSA) is 118 Å². The van der Waals surface area contributed by atoms with Crippen LogP contribution >= 0.6 is 0 Å². The van der Waals surface area contributed by atoms with Crippen LogP contribution < -0.4 is 16.4 Å². The highest BCUT2D eigenvalue weighted by Crippen LogP contribution is 2.22. The molecule has 4 rings (SSSR count). The van der Waals surface area contributed by atoms with E-state index < -0.39 is 15.9 Å². The summed E-state index contributed by atoms with van der Waals surface area (Å²) in [6.07, 6.45) is 3.10. The second-order valence-electron chi connectivity index (χ2n) is 7.36. The predicted octanol–water partition coefficient (Wildman–Crippen LogP) is 1.30. The van der Waals surface area contributed by atoms with Gasteiger partial charge in [-0.05, 0) is 38.0 Å². The Bertz CT molecular complexity index is 1300. The number of nitrogens with one attached hydrogen (secondary N) is 2. The quantitative estimate of drug-likeness (QED) is 0.553. The highest BCUT2D eigenvalue weighted by Gasteiger charge is 2.29. The van der Waals surface area contributed by atoms with Crippen LogP contribution in [0, 0.1) is 0 Å². The lowest BCUT2D eigenvalue weighted by Gasteiger charge is -2.14. The highest BCUT2D eigenvalue weighted by molar-refractivity contribution is 7.89. The van der Waals surface area contributed by atoms with Crippen LogP contribution in [0.4, 0.5) is 5.95 Å². The van der Waals surface area contributed by atoms with Gasteiger partial charge in [0.25, 0.3) is 11.5 Å². The molecule has 1 aliphatic rings. The second kappa shape index (κ2) is 8.16. The first-order chi connectivity index (χ1) is 14.8. The van der Waals surface area contributed by atoms with E-state index in [9.17, 15) is 18.0 Å². The Labute approximate surface area is 179 Å². The summed E-state index contributed by atoms with van der Waals surface area (Å²) in [5.41, 5.74) is 5.67. The Morgan fingerprint density at radius 3 is 2.61 bits per heavy atom. The van der Waals surface area contributed by atoms with E-state index in [1.807, 2.05) is 0 Å². The van der Waals surface area contributed by atoms with Crippen molar-refractivity contribution in [3.05, 3.63) is 52.6 Å². The summed E-state index contributed by atoms with van der Waals surface area (Å²) in [5.74, 6) is -0.353. The molecule has 10 nitrogen and oxygen atoms in total. The molecule has 1 fully saturated rings. The normalized spacial score (nSPS) is 14.8. The zero-order chi connectivity index (χ0) is 22.2. The Kier molecular flexibility index (Phi) is 5.54. The molecule has 0 saturated carbocycles. The third-order valence-electron chi connectivity index (χ3n) is 5.38. The maximum atomic E-state index is 12.8. The van der Waals surface area contributed by atoms with Crippen LogP contribution in [-0.2, 0) is 23.6 Å². The first-order valence-corrected chi connectivity index (χ1v) is 11.5. The van der Waals surface area contributed by atoms with Crippen molar-refractivity contribution in [1.82, 2.24) is 23.8 Å². The largest absolute Gasteiger partial charge is 0.345 e. The van der Waals surface area contributed by atoms with Gasteiger partial charge < -0.3 is 4.57 Å². The molecule has 0 aliphatic carbocycles. The van der Waals surface area contributed by atoms with E-state index in [1.54, 1.807) is 38.2 Å². The fourth-order valence-electron chi connectivity index (χ4n) is 3.71. The third kappa shape index (κ3) is 3.81. The van der Waals surface area contributed by atoms with Gasteiger partial charge in [0.05, 0.1) is 10.9 Å². The monoisotopic (exact) mass is 444 g/mol. The molecule has 0 spiro atoms. The fraction of sp³-hybridized carbons (Fsp3) is 0.350. The summed E-state index contributed by atoms with van der Waals surface area (Å²) < 4.78 is 29.8. The maximum Gasteiger partial charge on any atom is 0.286 e. The number of para-hydroxylation sites is 1. The Morgan fingerprint density at radius 1 is 1.19 bits per heavy atom. The van der Waals surface area contributed by atoms with Gasteiger partial charge in [0.1, 0.15) is 10.6 Å². The molecule has 0 bridgehead atoms. The average molecular weight is 445 g/mol. The van der Waals surface area contributed by atoms with Crippen molar-refractivity contribution >= 4 is 32.8 Å². The van der Waals surface area contributed by atoms with Gasteiger partial charge in [0.15, 0.2) is 0 Å². The van der Waals surface area contributed by atoms with Gasteiger partial charge in [-0.1, -0.05) is 12.1 Å². The number of aromatic nitrogens is 3. The molecule has 2 N–H and O–H groups in total. The number of aryl methyl sites for hydroxylation is 1. The first kappa shape index (κ1) is 21.1. The lowest BCUT2D eigenvalue weighted by molar-refractivity contribution is 0.0954. The number of anilines is 1. The number of hydrazine groups is 1. The van der Waals surface area contributed by atoms with Crippen LogP contribution in [0.2, 0.25) is 0 Å². The Morgan fingerprint density at radius 2 is 1.90 bits per heavy atom. The van der Waals surface area contributed by atoms with Crippen molar-refractivity contribution in [2.75, 3.05) is 18.5 Å². The van der Waals surface area contributed by atoms with E-state index in [0.717, 1.165) is 12.8 Å². The van der Waals surface area contributed by atoms with Crippen LogP contribution in [0.5, 0.6) is 0 Å². The number of sulfonamides is 1. The number of carbonyl (C=O) groups is 1. The number of hydrogen-bond acceptors (Lipinski definition) is 6. The van der Waals surface area contributed by atoms with Crippen molar-refractivity contribution in [1.29, 1.82) is 0 Å². The number of carbonyl (C=O) groups excluding carboxylic acids is 1. The summed E-state index contributed by atoms with van der Waals surface area (Å²) in [7, 11) is -2.02. The van der Waals surface area contributed by atoms with Crippen molar-refractivity contribution < 1.29 is 13.2 Å². The minimum atomic E-state index is -3.63. The summed E-state index contributed by atoms with van der Waals surface area (Å²) in [6, 6.07) is 8.32. The van der Waals surface area contributed by atoms with Gasteiger partial charge in [0, 0.05) is 32.9 Å². The minimum Gasteiger partial charge on any atom is -0.345 e. The molecule has 31 heavy (non-hydrogen) atoms. The molecule has 3 heterocycles. The van der Waals surface area contributed by atoms with Crippen LogP contribution in [0.15, 0.2) is 46.2 Å². The van der Waals surface area contributed by atoms with Gasteiger partial charge in [-0.3, -0.25) is 25.0 Å². The van der Waals surface area contributed by atoms with Crippen LogP contribution in [0.1, 0.15) is 30.3 Å². The van der Waals surface area contributed by atoms with E-state index in [2.05, 4.69) is 15.8 Å². The molecule has 1 aromatic carbocycles. The van der Waals surface area contributed by atoms with E-state index >= 15 is 0 Å². The molecule has 11 heteroatoms. The molecule has 2 aromatic heterocycles. The number of hydrogen-bond donors (Lipinski definition) is 2. The summed E-state index contributed by atoms with van der Waals surface area (Å²) >= 11 is 0. The molecule has 1 amide bonds. The van der Waals surface area contributed by atoms with Gasteiger partial charge in [0.2, 0.25) is 16.0 Å². The third-order valence-corrected chi connectivity index (χ3v) is 7.24. The lowest BCUT2D eigenvalue weighted by atomic mass is 10.2. The van der Waals surface area contributed by atoms with Crippen molar-refractivity contribution in [2.45, 2.75) is 31.2 Å². The SMILES string of the molecule is CCn1c(NNC(=O)c2cc(S(=O)(=O)N3CCCC3)cn2C)nc2ccccc2c1=O. The van der Waals surface area contributed by atoms with Crippen molar-refractivity contribution in [3.8, 4) is 0 Å². The zero-order valence-corrected chi connectivity index (χ0v) is 18.1. The summed E-state index contributed by atoms with van der Waals surface area (Å²) in [4.78, 5) is 29.9. The van der Waals surface area contributed by atoms with E-state index in [-0.39, 0.29) is 22.1 Å². The Hall–Kier alpha value is -3.18. The van der Waals surface area contributed by atoms with Gasteiger partial charge >= 0.3 is 0 Å². The molecular formula is C20H24N6O4S. The highest BCUT2D eigenvalue weighted by atomic mass is 32.2. The van der Waals surface area contributed by atoms with Gasteiger partial charge in [-0.2, -0.15) is 4.31 Å². The molecule has 3 aromatic rings. The number of nitrogens with zero attached hydrogens (tertiary/aromatic N) is 4. The van der Waals surface area contributed by atoms with E-state index in [4.69, 9.17) is 0 Å². The van der Waals surface area contributed by atoms with E-state index in [1.165, 1.54) is 25.7 Å². The van der Waals surface area contributed by atoms with Crippen LogP contribution in [0.3, 0.4) is 0 Å². The Balaban J connectivity index is 1.57. The standard InChI is InChI=1S/C20H24N6O4S/c1-3-26-19(28)15-8-4-5-9-16(15)21-20(26)23-22-18(27)17-12-14(13-24(17)2)31(29,30)25-10-6-7-11-25/h4-5,8-9,12-13H,3,6-7,10-11H2,1-2H3,(H,21,23)(H,22,27). The number of amides is 1. The van der Waals surface area contributed by atoms with Gasteiger partial charge in [-0.25, -0.2) is 13.4 Å². The number of rotatable bonds is 6. The molecule has 1 saturated heterocycles. The van der Waals surface area contributed by atoms with Crippen LogP contribution in [-0.4, -0.2) is 45.8 Å². The second-order valence-corrected chi connectivity index (χ2v) is 9.30. The zero-order valence-electron chi connectivity index (χ0n) is 17.3. The first-order valence-electron chi connectivity index (χ1n) is 10.1. The fourth-order valence-corrected chi connectivity index (χ4v) is 5.30. The number of benzene rings is 1. The number of fused-ring (bicyclic) bond motifs is 1. The van der Waals surface area contributed by atoms with Crippen LogP contribution in [0.25, 0.3) is 10.9 Å².